The predicted octanol–water partition coefficient (Wildman–Crippen LogP) is 1.89. The minimum Gasteiger partial charge on any atom is -0.395 e. The molecule has 1 aromatic carbocycles. The van der Waals surface area contributed by atoms with Gasteiger partial charge in [-0.2, -0.15) is 13.2 Å². The first-order chi connectivity index (χ1) is 11.7. The van der Waals surface area contributed by atoms with Crippen LogP contribution in [0, 0.1) is 5.92 Å². The molecule has 1 fully saturated rings. The number of likely N-dealkylation sites (tertiary alicyclic amines) is 1. The molecule has 0 aliphatic carbocycles. The van der Waals surface area contributed by atoms with Crippen molar-refractivity contribution in [1.82, 2.24) is 9.80 Å². The van der Waals surface area contributed by atoms with Crippen LogP contribution in [0.1, 0.15) is 24.0 Å². The molecule has 25 heavy (non-hydrogen) atoms. The van der Waals surface area contributed by atoms with Crippen LogP contribution in [0.4, 0.5) is 13.2 Å². The number of hydrogen-bond acceptors (Lipinski definition) is 3. The van der Waals surface area contributed by atoms with E-state index in [1.54, 1.807) is 7.05 Å². The van der Waals surface area contributed by atoms with E-state index in [-0.39, 0.29) is 44.5 Å². The molecule has 0 saturated carbocycles. The zero-order valence-electron chi connectivity index (χ0n) is 13.9. The normalized spacial score (nSPS) is 18.4. The van der Waals surface area contributed by atoms with Gasteiger partial charge in [0, 0.05) is 33.1 Å². The SMILES string of the molecule is CN(CCO)C(=O)C1CCC(=O)N(Cc2cccc(C(F)(F)F)c2)C1. The molecule has 1 aliphatic rings. The Balaban J connectivity index is 2.08. The van der Waals surface area contributed by atoms with Gasteiger partial charge in [0.1, 0.15) is 0 Å². The van der Waals surface area contributed by atoms with E-state index in [1.807, 2.05) is 0 Å². The van der Waals surface area contributed by atoms with Crippen molar-refractivity contribution < 1.29 is 27.9 Å². The quantitative estimate of drug-likeness (QED) is 0.875. The van der Waals surface area contributed by atoms with Gasteiger partial charge in [0.15, 0.2) is 0 Å². The van der Waals surface area contributed by atoms with Crippen LogP contribution >= 0.6 is 0 Å². The number of piperidine rings is 1. The number of likely N-dealkylation sites (N-methyl/N-ethyl adjacent to an activating group) is 1. The third-order valence-electron chi connectivity index (χ3n) is 4.29. The molecule has 138 valence electrons. The molecule has 1 aliphatic heterocycles. The van der Waals surface area contributed by atoms with Gasteiger partial charge >= 0.3 is 6.18 Å². The lowest BCUT2D eigenvalue weighted by Crippen LogP contribution is -2.46. The van der Waals surface area contributed by atoms with Crippen LogP contribution in [-0.4, -0.2) is 53.5 Å². The highest BCUT2D eigenvalue weighted by atomic mass is 19.4. The molecule has 0 radical (unpaired) electrons. The summed E-state index contributed by atoms with van der Waals surface area (Å²) in [5.74, 6) is -0.748. The minimum atomic E-state index is -4.44. The number of carbonyl (C=O) groups is 2. The van der Waals surface area contributed by atoms with Crippen molar-refractivity contribution in [1.29, 1.82) is 0 Å². The lowest BCUT2D eigenvalue weighted by molar-refractivity contribution is -0.143. The molecule has 8 heteroatoms. The number of alkyl halides is 3. The summed E-state index contributed by atoms with van der Waals surface area (Å²) >= 11 is 0. The molecule has 0 spiro atoms. The van der Waals surface area contributed by atoms with E-state index < -0.39 is 17.7 Å². The number of amides is 2. The molecule has 2 amide bonds. The fraction of sp³-hybridized carbons (Fsp3) is 0.529. The Morgan fingerprint density at radius 3 is 2.76 bits per heavy atom. The Hall–Kier alpha value is -2.09. The van der Waals surface area contributed by atoms with E-state index in [1.165, 1.54) is 21.9 Å². The second-order valence-electron chi connectivity index (χ2n) is 6.19. The molecule has 1 atom stereocenters. The lowest BCUT2D eigenvalue weighted by atomic mass is 9.95. The number of hydrogen-bond donors (Lipinski definition) is 1. The molecule has 1 heterocycles. The van der Waals surface area contributed by atoms with Crippen LogP contribution in [0.5, 0.6) is 0 Å². The summed E-state index contributed by atoms with van der Waals surface area (Å²) in [5, 5.41) is 8.91. The maximum atomic E-state index is 12.8. The second kappa shape index (κ2) is 7.86. The average Bonchev–Trinajstić information content (AvgIpc) is 2.56. The Kier molecular flexibility index (Phi) is 6.05. The van der Waals surface area contributed by atoms with Crippen molar-refractivity contribution in [3.8, 4) is 0 Å². The molecule has 1 aromatic rings. The van der Waals surface area contributed by atoms with E-state index in [0.717, 1.165) is 12.1 Å². The standard InChI is InChI=1S/C17H21F3N2O3/c1-21(7-8-23)16(25)13-5-6-15(24)22(11-13)10-12-3-2-4-14(9-12)17(18,19)20/h2-4,9,13,23H,5-8,10-11H2,1H3. The van der Waals surface area contributed by atoms with Gasteiger partial charge in [-0.1, -0.05) is 12.1 Å². The van der Waals surface area contributed by atoms with Gasteiger partial charge in [0.25, 0.3) is 0 Å². The van der Waals surface area contributed by atoms with Gasteiger partial charge in [-0.3, -0.25) is 9.59 Å². The van der Waals surface area contributed by atoms with E-state index in [0.29, 0.717) is 12.0 Å². The first-order valence-electron chi connectivity index (χ1n) is 8.02. The molecule has 0 aromatic heterocycles. The smallest absolute Gasteiger partial charge is 0.395 e. The number of nitrogens with zero attached hydrogens (tertiary/aromatic N) is 2. The fourth-order valence-corrected chi connectivity index (χ4v) is 2.91. The van der Waals surface area contributed by atoms with Gasteiger partial charge in [-0.15, -0.1) is 0 Å². The average molecular weight is 358 g/mol. The van der Waals surface area contributed by atoms with Gasteiger partial charge in [0.2, 0.25) is 11.8 Å². The summed E-state index contributed by atoms with van der Waals surface area (Å²) in [6.45, 7) is 0.263. The summed E-state index contributed by atoms with van der Waals surface area (Å²) in [5.41, 5.74) is -0.384. The van der Waals surface area contributed by atoms with Crippen LogP contribution < -0.4 is 0 Å². The zero-order valence-corrected chi connectivity index (χ0v) is 13.9. The van der Waals surface area contributed by atoms with E-state index >= 15 is 0 Å². The molecule has 5 nitrogen and oxygen atoms in total. The van der Waals surface area contributed by atoms with Crippen molar-refractivity contribution in [3.63, 3.8) is 0 Å². The molecule has 1 N–H and O–H groups in total. The molecular formula is C17H21F3N2O3. The zero-order chi connectivity index (χ0) is 18.6. The van der Waals surface area contributed by atoms with Crippen molar-refractivity contribution in [3.05, 3.63) is 35.4 Å². The first-order valence-corrected chi connectivity index (χ1v) is 8.02. The lowest BCUT2D eigenvalue weighted by Gasteiger charge is -2.34. The molecule has 1 saturated heterocycles. The van der Waals surface area contributed by atoms with Crippen molar-refractivity contribution in [2.45, 2.75) is 25.6 Å². The van der Waals surface area contributed by atoms with Gasteiger partial charge < -0.3 is 14.9 Å². The summed E-state index contributed by atoms with van der Waals surface area (Å²) in [4.78, 5) is 27.2. The fourth-order valence-electron chi connectivity index (χ4n) is 2.91. The maximum absolute atomic E-state index is 12.8. The molecular weight excluding hydrogens is 337 g/mol. The maximum Gasteiger partial charge on any atom is 0.416 e. The van der Waals surface area contributed by atoms with Gasteiger partial charge in [-0.25, -0.2) is 0 Å². The number of benzene rings is 1. The first kappa shape index (κ1) is 19.2. The summed E-state index contributed by atoms with van der Waals surface area (Å²) in [7, 11) is 1.58. The topological polar surface area (TPSA) is 60.9 Å². The highest BCUT2D eigenvalue weighted by molar-refractivity contribution is 5.83. The van der Waals surface area contributed by atoms with E-state index in [9.17, 15) is 22.8 Å². The summed E-state index contributed by atoms with van der Waals surface area (Å²) < 4.78 is 38.4. The van der Waals surface area contributed by atoms with Gasteiger partial charge in [-0.05, 0) is 24.1 Å². The Morgan fingerprint density at radius 2 is 2.12 bits per heavy atom. The van der Waals surface area contributed by atoms with Crippen molar-refractivity contribution >= 4 is 11.8 Å². The Bertz CT molecular complexity index is 634. The Morgan fingerprint density at radius 1 is 1.40 bits per heavy atom. The van der Waals surface area contributed by atoms with Crippen LogP contribution in [0.25, 0.3) is 0 Å². The number of rotatable bonds is 5. The van der Waals surface area contributed by atoms with Crippen LogP contribution in [0.2, 0.25) is 0 Å². The molecule has 2 rings (SSSR count). The monoisotopic (exact) mass is 358 g/mol. The minimum absolute atomic E-state index is 0.0379. The molecule has 0 bridgehead atoms. The number of carbonyl (C=O) groups excluding carboxylic acids is 2. The summed E-state index contributed by atoms with van der Waals surface area (Å²) in [6, 6.07) is 4.85. The van der Waals surface area contributed by atoms with Crippen LogP contribution in [0.15, 0.2) is 24.3 Å². The summed E-state index contributed by atoms with van der Waals surface area (Å²) in [6.07, 6.45) is -3.84. The van der Waals surface area contributed by atoms with Crippen LogP contribution in [-0.2, 0) is 22.3 Å². The highest BCUT2D eigenvalue weighted by Crippen LogP contribution is 2.30. The van der Waals surface area contributed by atoms with Crippen LogP contribution in [0.3, 0.4) is 0 Å². The number of aliphatic hydroxyl groups excluding tert-OH is 1. The third kappa shape index (κ3) is 4.94. The van der Waals surface area contributed by atoms with E-state index in [4.69, 9.17) is 5.11 Å². The van der Waals surface area contributed by atoms with Crippen molar-refractivity contribution in [2.75, 3.05) is 26.7 Å². The second-order valence-corrected chi connectivity index (χ2v) is 6.19. The highest BCUT2D eigenvalue weighted by Gasteiger charge is 2.33. The van der Waals surface area contributed by atoms with Gasteiger partial charge in [0.05, 0.1) is 18.1 Å². The van der Waals surface area contributed by atoms with Crippen molar-refractivity contribution in [2.24, 2.45) is 5.92 Å². The largest absolute Gasteiger partial charge is 0.416 e. The molecule has 1 unspecified atom stereocenters. The number of aliphatic hydroxyl groups is 1. The Labute approximate surface area is 144 Å². The van der Waals surface area contributed by atoms with E-state index in [2.05, 4.69) is 0 Å². The predicted molar refractivity (Wildman–Crippen MR) is 84.3 cm³/mol. The third-order valence-corrected chi connectivity index (χ3v) is 4.29. The number of halogens is 3.